The minimum absolute atomic E-state index is 0.647. The van der Waals surface area contributed by atoms with E-state index < -0.39 is 0 Å². The van der Waals surface area contributed by atoms with E-state index in [4.69, 9.17) is 19.7 Å². The lowest BCUT2D eigenvalue weighted by atomic mass is 10.0. The fourth-order valence-electron chi connectivity index (χ4n) is 20.1. The Labute approximate surface area is 761 Å². The molecule has 26 rings (SSSR count). The van der Waals surface area contributed by atoms with Gasteiger partial charge in [0.2, 0.25) is 0 Å². The van der Waals surface area contributed by atoms with Crippen LogP contribution in [0.4, 0.5) is 17.1 Å². The summed E-state index contributed by atoms with van der Waals surface area (Å²) in [5.74, 6) is 0. The Bertz CT molecular complexity index is 9150. The Morgan fingerprint density at radius 1 is 0.121 bits per heavy atom. The van der Waals surface area contributed by atoms with E-state index in [2.05, 4.69) is 467 Å². The number of fused-ring (bicyclic) bond motifs is 18. The Morgan fingerprint density at radius 2 is 0.326 bits per heavy atom. The second kappa shape index (κ2) is 32.3. The number of rotatable bonds is 11. The molecule has 26 aromatic rings. The standard InChI is InChI=1S/2C43H27N3.C37H23N3/c1-44-33-21-25-43-39(28-33)37-15-6-7-16-40(37)45(43)34-22-18-30(19-23-34)32-20-24-42-38(27-32)36-14-5-8-17-41(36)46(42)35-13-9-12-31(26-35)29-10-3-2-4-11-29;1-44-33-20-26-43-39(28-33)37-12-6-8-14-41(37)46(43)35-23-17-31(18-24-35)32-19-25-42-38(27-32)36-11-5-7-13-40(36)45(42)34-21-15-30(16-22-34)29-9-3-2-4-10-29;1-38-27-18-21-32-33-23-26(17-22-36(33)40(37(32)24-27)28-9-3-2-4-10-28)25-15-19-29(20-16-25)39-34-13-7-5-11-30(34)31-12-6-8-14-35(31)39/h2*2-28H;2-24H. The molecule has 0 bridgehead atoms. The molecule has 0 saturated heterocycles. The Balaban J connectivity index is 0.000000110. The van der Waals surface area contributed by atoms with Gasteiger partial charge in [-0.05, 0) is 242 Å². The van der Waals surface area contributed by atoms with Crippen LogP contribution in [-0.4, -0.2) is 27.4 Å². The van der Waals surface area contributed by atoms with Crippen LogP contribution in [0.15, 0.2) is 467 Å². The van der Waals surface area contributed by atoms with Gasteiger partial charge < -0.3 is 27.4 Å². The number of aromatic nitrogens is 6. The van der Waals surface area contributed by atoms with Gasteiger partial charge in [-0.15, -0.1) is 0 Å². The van der Waals surface area contributed by atoms with E-state index in [0.29, 0.717) is 17.1 Å². The summed E-state index contributed by atoms with van der Waals surface area (Å²) in [7, 11) is 0. The van der Waals surface area contributed by atoms with Crippen molar-refractivity contribution in [3.05, 3.63) is 501 Å². The average molecular weight is 1680 g/mol. The summed E-state index contributed by atoms with van der Waals surface area (Å²) >= 11 is 0. The fraction of sp³-hybridized carbons (Fsp3) is 0. The van der Waals surface area contributed by atoms with Crippen molar-refractivity contribution in [3.63, 3.8) is 0 Å². The first-order chi connectivity index (χ1) is 65.3. The Kier molecular flexibility index (Phi) is 18.9. The zero-order valence-corrected chi connectivity index (χ0v) is 71.5. The molecule has 9 nitrogen and oxygen atoms in total. The summed E-state index contributed by atoms with van der Waals surface area (Å²) in [4.78, 5) is 11.0. The van der Waals surface area contributed by atoms with E-state index in [9.17, 15) is 0 Å². The summed E-state index contributed by atoms with van der Waals surface area (Å²) in [5.41, 5.74) is 34.5. The van der Waals surface area contributed by atoms with Crippen LogP contribution in [0.5, 0.6) is 0 Å². The molecule has 6 aromatic heterocycles. The fourth-order valence-corrected chi connectivity index (χ4v) is 20.1. The van der Waals surface area contributed by atoms with Gasteiger partial charge in [0, 0.05) is 93.5 Å². The van der Waals surface area contributed by atoms with Gasteiger partial charge in [-0.2, -0.15) is 0 Å². The number of hydrogen-bond acceptors (Lipinski definition) is 0. The van der Waals surface area contributed by atoms with Gasteiger partial charge in [0.1, 0.15) is 0 Å². The van der Waals surface area contributed by atoms with Crippen molar-refractivity contribution < 1.29 is 0 Å². The number of para-hydroxylation sites is 7. The molecule has 20 aromatic carbocycles. The predicted molar refractivity (Wildman–Crippen MR) is 551 cm³/mol. The van der Waals surface area contributed by atoms with Crippen molar-refractivity contribution >= 4 is 148 Å². The lowest BCUT2D eigenvalue weighted by Crippen LogP contribution is -1.94. The molecule has 0 saturated carbocycles. The van der Waals surface area contributed by atoms with Gasteiger partial charge in [-0.3, -0.25) is 0 Å². The van der Waals surface area contributed by atoms with E-state index in [0.717, 1.165) is 94.2 Å². The second-order valence-corrected chi connectivity index (χ2v) is 33.6. The maximum atomic E-state index is 7.55. The molecule has 0 aliphatic heterocycles. The highest BCUT2D eigenvalue weighted by atomic mass is 15.0. The molecule has 0 amide bonds. The number of benzene rings is 20. The molecule has 9 heteroatoms. The molecular weight excluding hydrogens is 1600 g/mol. The van der Waals surface area contributed by atoms with Crippen LogP contribution in [0.25, 0.3) is 235 Å². The second-order valence-electron chi connectivity index (χ2n) is 33.6. The Morgan fingerprint density at radius 3 is 0.674 bits per heavy atom. The van der Waals surface area contributed by atoms with E-state index in [1.165, 1.54) is 126 Å². The van der Waals surface area contributed by atoms with Crippen molar-refractivity contribution in [3.8, 4) is 89.8 Å². The van der Waals surface area contributed by atoms with Crippen LogP contribution >= 0.6 is 0 Å². The maximum Gasteiger partial charge on any atom is 0.189 e. The lowest BCUT2D eigenvalue weighted by molar-refractivity contribution is 1.18. The minimum atomic E-state index is 0.647. The van der Waals surface area contributed by atoms with Gasteiger partial charge in [-0.25, -0.2) is 14.5 Å². The summed E-state index contributed by atoms with van der Waals surface area (Å²) < 4.78 is 13.9. The first kappa shape index (κ1) is 77.3. The van der Waals surface area contributed by atoms with Crippen molar-refractivity contribution in [2.75, 3.05) is 0 Å². The highest BCUT2D eigenvalue weighted by molar-refractivity contribution is 6.16. The van der Waals surface area contributed by atoms with Crippen molar-refractivity contribution in [1.29, 1.82) is 0 Å². The normalized spacial score (nSPS) is 11.5. The smallest absolute Gasteiger partial charge is 0.189 e. The SMILES string of the molecule is [C-]#[N+]c1ccc2c(c1)c1ccccc1n2-c1ccc(-c2ccc3c(c2)c2ccccc2n3-c2ccc(-c3ccccc3)cc2)cc1.[C-]#[N+]c1ccc2c(c1)c1ccccc1n2-c1ccc(-c2ccc3c(c2)c2ccccc2n3-c2cccc(-c3ccccc3)c2)cc1.[C-]#[N+]c1ccc2c3cc(-c4ccc(-n5c6ccccc6c6ccccc65)cc4)ccc3n(-c3ccccc3)c2c1. The molecular formula is C123H77N9. The number of nitrogens with zero attached hydrogens (tertiary/aromatic N) is 9. The zero-order chi connectivity index (χ0) is 87.9. The van der Waals surface area contributed by atoms with Gasteiger partial charge in [0.15, 0.2) is 17.1 Å². The van der Waals surface area contributed by atoms with Crippen LogP contribution in [0.3, 0.4) is 0 Å². The first-order valence-electron chi connectivity index (χ1n) is 44.3. The average Bonchev–Trinajstić information content (AvgIpc) is 1.66. The lowest BCUT2D eigenvalue weighted by Gasteiger charge is -2.11. The largest absolute Gasteiger partial charge is 0.311 e. The Hall–Kier alpha value is -18.3. The van der Waals surface area contributed by atoms with E-state index in [-0.39, 0.29) is 0 Å². The summed E-state index contributed by atoms with van der Waals surface area (Å²) in [6.07, 6.45) is 0. The molecule has 0 spiro atoms. The molecule has 614 valence electrons. The minimum Gasteiger partial charge on any atom is -0.311 e. The molecule has 0 unspecified atom stereocenters. The van der Waals surface area contributed by atoms with Gasteiger partial charge in [0.05, 0.1) is 80.4 Å². The van der Waals surface area contributed by atoms with Crippen molar-refractivity contribution in [1.82, 2.24) is 27.4 Å². The van der Waals surface area contributed by atoms with Crippen molar-refractivity contribution in [2.45, 2.75) is 0 Å². The summed E-state index contributed by atoms with van der Waals surface area (Å²) in [6.45, 7) is 22.5. The van der Waals surface area contributed by atoms with Crippen LogP contribution in [-0.2, 0) is 0 Å². The van der Waals surface area contributed by atoms with E-state index >= 15 is 0 Å². The van der Waals surface area contributed by atoms with E-state index in [1.807, 2.05) is 42.5 Å². The maximum absolute atomic E-state index is 7.55. The molecule has 0 N–H and O–H groups in total. The van der Waals surface area contributed by atoms with Gasteiger partial charge >= 0.3 is 0 Å². The van der Waals surface area contributed by atoms with Crippen molar-refractivity contribution in [2.24, 2.45) is 0 Å². The third kappa shape index (κ3) is 13.2. The monoisotopic (exact) mass is 1680 g/mol. The third-order valence-electron chi connectivity index (χ3n) is 26.2. The highest BCUT2D eigenvalue weighted by Gasteiger charge is 2.22. The van der Waals surface area contributed by atoms with Crippen LogP contribution < -0.4 is 0 Å². The quantitative estimate of drug-likeness (QED) is 0.116. The number of hydrogen-bond donors (Lipinski definition) is 0. The molecule has 132 heavy (non-hydrogen) atoms. The molecule has 0 atom stereocenters. The van der Waals surface area contributed by atoms with Crippen LogP contribution in [0.2, 0.25) is 0 Å². The molecule has 0 aliphatic carbocycles. The van der Waals surface area contributed by atoms with Crippen LogP contribution in [0.1, 0.15) is 0 Å². The summed E-state index contributed by atoms with van der Waals surface area (Å²) in [5, 5.41) is 14.3. The molecule has 0 aliphatic rings. The zero-order valence-electron chi connectivity index (χ0n) is 71.5. The van der Waals surface area contributed by atoms with Gasteiger partial charge in [-0.1, -0.05) is 291 Å². The third-order valence-corrected chi connectivity index (χ3v) is 26.2. The molecule has 6 heterocycles. The predicted octanol–water partition coefficient (Wildman–Crippen LogP) is 33.6. The van der Waals surface area contributed by atoms with Gasteiger partial charge in [0.25, 0.3) is 0 Å². The topological polar surface area (TPSA) is 42.7 Å². The highest BCUT2D eigenvalue weighted by Crippen LogP contribution is 2.44. The van der Waals surface area contributed by atoms with E-state index in [1.54, 1.807) is 0 Å². The molecule has 0 radical (unpaired) electrons. The summed E-state index contributed by atoms with van der Waals surface area (Å²) in [6, 6.07) is 165. The molecule has 0 fully saturated rings. The van der Waals surface area contributed by atoms with Crippen LogP contribution in [0, 0.1) is 19.7 Å². The first-order valence-corrected chi connectivity index (χ1v) is 44.3.